The van der Waals surface area contributed by atoms with Gasteiger partial charge in [-0.1, -0.05) is 30.3 Å². The van der Waals surface area contributed by atoms with Gasteiger partial charge in [-0.05, 0) is 37.2 Å². The van der Waals surface area contributed by atoms with Crippen molar-refractivity contribution >= 4 is 22.7 Å². The number of para-hydroxylation sites is 3. The summed E-state index contributed by atoms with van der Waals surface area (Å²) < 4.78 is 5.78. The average molecular weight is 335 g/mol. The third-order valence-corrected chi connectivity index (χ3v) is 4.59. The van der Waals surface area contributed by atoms with Crippen molar-refractivity contribution in [2.45, 2.75) is 13.0 Å². The van der Waals surface area contributed by atoms with Gasteiger partial charge >= 0.3 is 0 Å². The number of benzene rings is 2. The lowest BCUT2D eigenvalue weighted by Gasteiger charge is -2.20. The van der Waals surface area contributed by atoms with E-state index >= 15 is 0 Å². The minimum absolute atomic E-state index is 0.200. The third kappa shape index (κ3) is 3.42. The Morgan fingerprint density at radius 1 is 1.16 bits per heavy atom. The Balaban J connectivity index is 1.38. The summed E-state index contributed by atoms with van der Waals surface area (Å²) in [5.74, 6) is 1.24. The van der Waals surface area contributed by atoms with Crippen molar-refractivity contribution in [2.24, 2.45) is 5.92 Å². The minimum Gasteiger partial charge on any atom is -0.439 e. The van der Waals surface area contributed by atoms with Gasteiger partial charge in [0.25, 0.3) is 0 Å². The molecule has 1 aromatic heterocycles. The molecule has 1 fully saturated rings. The molecule has 1 aliphatic rings. The lowest BCUT2D eigenvalue weighted by molar-refractivity contribution is -0.117. The monoisotopic (exact) mass is 335 g/mol. The van der Waals surface area contributed by atoms with Gasteiger partial charge in [-0.25, -0.2) is 4.98 Å². The molecule has 5 nitrogen and oxygen atoms in total. The molecule has 1 amide bonds. The van der Waals surface area contributed by atoms with Gasteiger partial charge in [0.05, 0.1) is 6.54 Å². The van der Waals surface area contributed by atoms with Crippen LogP contribution in [0.1, 0.15) is 12.3 Å². The Hall–Kier alpha value is -2.66. The second-order valence-electron chi connectivity index (χ2n) is 6.68. The summed E-state index contributed by atoms with van der Waals surface area (Å²) in [4.78, 5) is 20.9. The molecule has 0 aliphatic carbocycles. The summed E-state index contributed by atoms with van der Waals surface area (Å²) in [6.07, 6.45) is 0.590. The molecular formula is C20H21N3O2. The largest absolute Gasteiger partial charge is 0.439 e. The van der Waals surface area contributed by atoms with Gasteiger partial charge in [0.1, 0.15) is 5.52 Å². The van der Waals surface area contributed by atoms with Crippen LogP contribution in [0.3, 0.4) is 0 Å². The molecule has 1 saturated heterocycles. The Labute approximate surface area is 146 Å². The van der Waals surface area contributed by atoms with Crippen molar-refractivity contribution < 1.29 is 9.21 Å². The first-order chi connectivity index (χ1) is 12.2. The molecule has 0 N–H and O–H groups in total. The molecule has 2 heterocycles. The summed E-state index contributed by atoms with van der Waals surface area (Å²) in [5.41, 5.74) is 2.69. The second kappa shape index (κ2) is 6.69. The van der Waals surface area contributed by atoms with Crippen LogP contribution in [0.4, 0.5) is 5.69 Å². The van der Waals surface area contributed by atoms with E-state index in [-0.39, 0.29) is 5.91 Å². The van der Waals surface area contributed by atoms with E-state index in [0.717, 1.165) is 29.9 Å². The van der Waals surface area contributed by atoms with Crippen LogP contribution in [-0.4, -0.2) is 35.9 Å². The number of nitrogens with zero attached hydrogens (tertiary/aromatic N) is 3. The molecule has 25 heavy (non-hydrogen) atoms. The summed E-state index contributed by atoms with van der Waals surface area (Å²) in [6.45, 7) is 2.25. The number of anilines is 1. The fourth-order valence-corrected chi connectivity index (χ4v) is 3.49. The van der Waals surface area contributed by atoms with E-state index in [1.807, 2.05) is 66.5 Å². The lowest BCUT2D eigenvalue weighted by Crippen LogP contribution is -2.28. The van der Waals surface area contributed by atoms with Crippen LogP contribution < -0.4 is 4.90 Å². The number of hydrogen-bond donors (Lipinski definition) is 0. The molecule has 4 rings (SSSR count). The zero-order valence-electron chi connectivity index (χ0n) is 14.3. The maximum atomic E-state index is 12.3. The van der Waals surface area contributed by atoms with Crippen LogP contribution in [-0.2, 0) is 11.3 Å². The highest BCUT2D eigenvalue weighted by atomic mass is 16.3. The normalized spacial score (nSPS) is 17.8. The van der Waals surface area contributed by atoms with Crippen LogP contribution in [0, 0.1) is 5.92 Å². The highest BCUT2D eigenvalue weighted by molar-refractivity contribution is 5.95. The maximum absolute atomic E-state index is 12.3. The molecule has 3 aromatic rings. The average Bonchev–Trinajstić information content (AvgIpc) is 3.18. The molecular weight excluding hydrogens is 314 g/mol. The highest BCUT2D eigenvalue weighted by Gasteiger charge is 2.31. The number of hydrogen-bond acceptors (Lipinski definition) is 4. The topological polar surface area (TPSA) is 49.6 Å². The standard InChI is InChI=1S/C20H21N3O2/c1-22(14-19-21-17-9-5-6-10-18(17)25-19)12-15-11-20(24)23(13-15)16-7-3-2-4-8-16/h2-10,15H,11-14H2,1H3/t15-/m0/s1. The van der Waals surface area contributed by atoms with Crippen LogP contribution in [0.25, 0.3) is 11.1 Å². The molecule has 0 saturated carbocycles. The smallest absolute Gasteiger partial charge is 0.227 e. The molecule has 0 unspecified atom stereocenters. The molecule has 0 bridgehead atoms. The molecule has 5 heteroatoms. The minimum atomic E-state index is 0.200. The maximum Gasteiger partial charge on any atom is 0.227 e. The van der Waals surface area contributed by atoms with Gasteiger partial charge < -0.3 is 9.32 Å². The van der Waals surface area contributed by atoms with Crippen LogP contribution in [0.15, 0.2) is 59.0 Å². The summed E-state index contributed by atoms with van der Waals surface area (Å²) in [6, 6.07) is 17.7. The predicted octanol–water partition coefficient (Wildman–Crippen LogP) is 3.31. The molecule has 0 spiro atoms. The van der Waals surface area contributed by atoms with Crippen LogP contribution in [0.5, 0.6) is 0 Å². The molecule has 2 aromatic carbocycles. The highest BCUT2D eigenvalue weighted by Crippen LogP contribution is 2.25. The van der Waals surface area contributed by atoms with E-state index < -0.39 is 0 Å². The zero-order chi connectivity index (χ0) is 17.2. The molecule has 1 atom stereocenters. The van der Waals surface area contributed by atoms with Crippen molar-refractivity contribution in [1.29, 1.82) is 0 Å². The number of carbonyl (C=O) groups excluding carboxylic acids is 1. The van der Waals surface area contributed by atoms with Crippen LogP contribution in [0.2, 0.25) is 0 Å². The van der Waals surface area contributed by atoms with Gasteiger partial charge in [-0.15, -0.1) is 0 Å². The number of aromatic nitrogens is 1. The van der Waals surface area contributed by atoms with E-state index in [2.05, 4.69) is 9.88 Å². The summed E-state index contributed by atoms with van der Waals surface area (Å²) in [5, 5.41) is 0. The predicted molar refractivity (Wildman–Crippen MR) is 97.2 cm³/mol. The van der Waals surface area contributed by atoms with Gasteiger partial charge in [0.2, 0.25) is 11.8 Å². The number of amides is 1. The Morgan fingerprint density at radius 3 is 2.72 bits per heavy atom. The van der Waals surface area contributed by atoms with E-state index in [0.29, 0.717) is 24.8 Å². The number of rotatable bonds is 5. The van der Waals surface area contributed by atoms with Gasteiger partial charge in [0, 0.05) is 25.2 Å². The SMILES string of the molecule is CN(Cc1nc2ccccc2o1)C[C@@H]1CC(=O)N(c2ccccc2)C1. The van der Waals surface area contributed by atoms with E-state index in [4.69, 9.17) is 4.42 Å². The number of fused-ring (bicyclic) bond motifs is 1. The first-order valence-corrected chi connectivity index (χ1v) is 8.57. The second-order valence-corrected chi connectivity index (χ2v) is 6.68. The Bertz CT molecular complexity index is 842. The van der Waals surface area contributed by atoms with Gasteiger partial charge in [-0.2, -0.15) is 0 Å². The molecule has 1 aliphatic heterocycles. The first-order valence-electron chi connectivity index (χ1n) is 8.57. The quantitative estimate of drug-likeness (QED) is 0.718. The van der Waals surface area contributed by atoms with Crippen molar-refractivity contribution in [1.82, 2.24) is 9.88 Å². The Kier molecular flexibility index (Phi) is 4.24. The van der Waals surface area contributed by atoms with Gasteiger partial charge in [-0.3, -0.25) is 9.69 Å². The fourth-order valence-electron chi connectivity index (χ4n) is 3.49. The lowest BCUT2D eigenvalue weighted by atomic mass is 10.1. The van der Waals surface area contributed by atoms with E-state index in [1.54, 1.807) is 0 Å². The van der Waals surface area contributed by atoms with Crippen molar-refractivity contribution in [2.75, 3.05) is 25.0 Å². The van der Waals surface area contributed by atoms with Crippen molar-refractivity contribution in [3.8, 4) is 0 Å². The zero-order valence-corrected chi connectivity index (χ0v) is 14.3. The van der Waals surface area contributed by atoms with Crippen LogP contribution >= 0.6 is 0 Å². The number of oxazole rings is 1. The molecule has 128 valence electrons. The first kappa shape index (κ1) is 15.8. The molecule has 0 radical (unpaired) electrons. The fraction of sp³-hybridized carbons (Fsp3) is 0.300. The number of carbonyl (C=O) groups is 1. The van der Waals surface area contributed by atoms with Crippen molar-refractivity contribution in [3.05, 3.63) is 60.5 Å². The Morgan fingerprint density at radius 2 is 1.92 bits per heavy atom. The van der Waals surface area contributed by atoms with E-state index in [1.165, 1.54) is 0 Å². The summed E-state index contributed by atoms with van der Waals surface area (Å²) >= 11 is 0. The van der Waals surface area contributed by atoms with Crippen molar-refractivity contribution in [3.63, 3.8) is 0 Å². The van der Waals surface area contributed by atoms with E-state index in [9.17, 15) is 4.79 Å². The third-order valence-electron chi connectivity index (χ3n) is 4.59. The van der Waals surface area contributed by atoms with Gasteiger partial charge in [0.15, 0.2) is 5.58 Å². The summed E-state index contributed by atoms with van der Waals surface area (Å²) in [7, 11) is 2.05.